The van der Waals surface area contributed by atoms with E-state index in [1.165, 1.54) is 6.07 Å². The fourth-order valence-electron chi connectivity index (χ4n) is 2.89. The van der Waals surface area contributed by atoms with Gasteiger partial charge in [0, 0.05) is 12.8 Å². The Morgan fingerprint density at radius 2 is 2.00 bits per heavy atom. The molecule has 1 saturated carbocycles. The van der Waals surface area contributed by atoms with E-state index in [1.807, 2.05) is 6.92 Å². The van der Waals surface area contributed by atoms with Crippen LogP contribution in [0.3, 0.4) is 0 Å². The Morgan fingerprint density at radius 3 is 2.61 bits per heavy atom. The highest BCUT2D eigenvalue weighted by molar-refractivity contribution is 6.30. The lowest BCUT2D eigenvalue weighted by Gasteiger charge is -2.35. The van der Waals surface area contributed by atoms with E-state index >= 15 is 0 Å². The Morgan fingerprint density at radius 1 is 1.33 bits per heavy atom. The van der Waals surface area contributed by atoms with Crippen LogP contribution in [0, 0.1) is 18.7 Å². The van der Waals surface area contributed by atoms with Crippen molar-refractivity contribution in [3.05, 3.63) is 34.1 Å². The van der Waals surface area contributed by atoms with Gasteiger partial charge in [-0.05, 0) is 48.4 Å². The van der Waals surface area contributed by atoms with Gasteiger partial charge in [-0.2, -0.15) is 0 Å². The molecular formula is C14H16ClF3. The van der Waals surface area contributed by atoms with Crippen molar-refractivity contribution in [1.29, 1.82) is 0 Å². The van der Waals surface area contributed by atoms with E-state index in [0.717, 1.165) is 11.1 Å². The van der Waals surface area contributed by atoms with Crippen molar-refractivity contribution in [2.45, 2.75) is 45.0 Å². The Labute approximate surface area is 110 Å². The summed E-state index contributed by atoms with van der Waals surface area (Å²) in [6, 6.07) is 2.98. The Kier molecular flexibility index (Phi) is 3.63. The smallest absolute Gasteiger partial charge is 0.207 e. The van der Waals surface area contributed by atoms with Gasteiger partial charge in [-0.25, -0.2) is 13.2 Å². The van der Waals surface area contributed by atoms with Crippen LogP contribution in [0.2, 0.25) is 5.02 Å². The largest absolute Gasteiger partial charge is 0.248 e. The van der Waals surface area contributed by atoms with Crippen LogP contribution in [0.15, 0.2) is 12.1 Å². The first kappa shape index (κ1) is 13.7. The maximum absolute atomic E-state index is 13.3. The second kappa shape index (κ2) is 4.76. The van der Waals surface area contributed by atoms with E-state index in [1.54, 1.807) is 13.0 Å². The van der Waals surface area contributed by atoms with Gasteiger partial charge in [-0.15, -0.1) is 0 Å². The third-order valence-corrected chi connectivity index (χ3v) is 4.13. The topological polar surface area (TPSA) is 0 Å². The molecule has 0 bridgehead atoms. The first-order valence-corrected chi connectivity index (χ1v) is 6.51. The highest BCUT2D eigenvalue weighted by Gasteiger charge is 2.40. The minimum atomic E-state index is -2.56. The number of rotatable bonds is 1. The van der Waals surface area contributed by atoms with Crippen LogP contribution >= 0.6 is 11.6 Å². The van der Waals surface area contributed by atoms with E-state index in [4.69, 9.17) is 11.6 Å². The zero-order valence-corrected chi connectivity index (χ0v) is 11.2. The summed E-state index contributed by atoms with van der Waals surface area (Å²) in [5.41, 5.74) is 1.70. The fourth-order valence-corrected chi connectivity index (χ4v) is 3.06. The van der Waals surface area contributed by atoms with Gasteiger partial charge < -0.3 is 0 Å². The predicted molar refractivity (Wildman–Crippen MR) is 66.9 cm³/mol. The second-order valence-electron chi connectivity index (χ2n) is 5.31. The molecule has 0 N–H and O–H groups in total. The molecule has 2 rings (SSSR count). The quantitative estimate of drug-likeness (QED) is 0.651. The minimum Gasteiger partial charge on any atom is -0.207 e. The molecule has 18 heavy (non-hydrogen) atoms. The first-order chi connectivity index (χ1) is 8.30. The summed E-state index contributed by atoms with van der Waals surface area (Å²) in [5.74, 6) is -3.09. The molecule has 0 aromatic heterocycles. The number of alkyl halides is 2. The van der Waals surface area contributed by atoms with Crippen LogP contribution < -0.4 is 0 Å². The van der Waals surface area contributed by atoms with Gasteiger partial charge in [0.25, 0.3) is 0 Å². The first-order valence-electron chi connectivity index (χ1n) is 6.13. The number of aryl methyl sites for hydroxylation is 1. The summed E-state index contributed by atoms with van der Waals surface area (Å²) < 4.78 is 39.9. The third kappa shape index (κ3) is 2.66. The zero-order chi connectivity index (χ0) is 13.5. The Balaban J connectivity index is 2.30. The Hall–Kier alpha value is -0.700. The lowest BCUT2D eigenvalue weighted by molar-refractivity contribution is -0.0556. The van der Waals surface area contributed by atoms with Gasteiger partial charge >= 0.3 is 0 Å². The number of hydrogen-bond donors (Lipinski definition) is 0. The van der Waals surface area contributed by atoms with Gasteiger partial charge in [0.05, 0.1) is 5.02 Å². The predicted octanol–water partition coefficient (Wildman–Crippen LogP) is 5.33. The van der Waals surface area contributed by atoms with Gasteiger partial charge in [-0.3, -0.25) is 0 Å². The second-order valence-corrected chi connectivity index (χ2v) is 5.71. The number of hydrogen-bond acceptors (Lipinski definition) is 0. The average Bonchev–Trinajstić information content (AvgIpc) is 2.23. The van der Waals surface area contributed by atoms with Gasteiger partial charge in [-0.1, -0.05) is 18.5 Å². The third-order valence-electron chi connectivity index (χ3n) is 3.84. The van der Waals surface area contributed by atoms with Gasteiger partial charge in [0.2, 0.25) is 5.92 Å². The fraction of sp³-hybridized carbons (Fsp3) is 0.571. The van der Waals surface area contributed by atoms with Crippen LogP contribution in [0.5, 0.6) is 0 Å². The summed E-state index contributed by atoms with van der Waals surface area (Å²) in [7, 11) is 0. The highest BCUT2D eigenvalue weighted by Crippen LogP contribution is 2.45. The Bertz CT molecular complexity index is 457. The summed E-state index contributed by atoms with van der Waals surface area (Å²) >= 11 is 5.79. The molecular weight excluding hydrogens is 261 g/mol. The summed E-state index contributed by atoms with van der Waals surface area (Å²) in [4.78, 5) is 0. The molecule has 0 heterocycles. The van der Waals surface area contributed by atoms with Crippen molar-refractivity contribution in [3.8, 4) is 0 Å². The van der Waals surface area contributed by atoms with Crippen LogP contribution in [-0.4, -0.2) is 5.92 Å². The van der Waals surface area contributed by atoms with Crippen molar-refractivity contribution in [2.24, 2.45) is 5.92 Å². The summed E-state index contributed by atoms with van der Waals surface area (Å²) in [6.07, 6.45) is 0.222. The summed E-state index contributed by atoms with van der Waals surface area (Å²) in [5, 5.41) is 0.0696. The highest BCUT2D eigenvalue weighted by atomic mass is 35.5. The molecule has 0 amide bonds. The van der Waals surface area contributed by atoms with Crippen molar-refractivity contribution in [2.75, 3.05) is 0 Å². The van der Waals surface area contributed by atoms with Crippen molar-refractivity contribution in [3.63, 3.8) is 0 Å². The molecule has 1 aliphatic carbocycles. The van der Waals surface area contributed by atoms with Crippen molar-refractivity contribution < 1.29 is 13.2 Å². The molecule has 0 spiro atoms. The molecule has 1 aromatic carbocycles. The standard InChI is InChI=1S/C14H16ClF3/c1-8-5-13(16)12(15)6-11(8)10-3-4-14(17,18)7-9(10)2/h5-6,9-10H,3-4,7H2,1-2H3/t9?,10-/m1/s1. The molecule has 1 fully saturated rings. The molecule has 2 atom stereocenters. The normalized spacial score (nSPS) is 27.2. The van der Waals surface area contributed by atoms with E-state index in [2.05, 4.69) is 0 Å². The van der Waals surface area contributed by atoms with Crippen LogP contribution in [0.1, 0.15) is 43.2 Å². The van der Waals surface area contributed by atoms with Crippen molar-refractivity contribution >= 4 is 11.6 Å². The molecule has 0 nitrogen and oxygen atoms in total. The molecule has 0 saturated heterocycles. The maximum Gasteiger partial charge on any atom is 0.248 e. The van der Waals surface area contributed by atoms with Crippen LogP contribution in [-0.2, 0) is 0 Å². The van der Waals surface area contributed by atoms with E-state index < -0.39 is 11.7 Å². The SMILES string of the molecule is Cc1cc(F)c(Cl)cc1[C@@H]1CCC(F)(F)CC1C. The molecule has 0 radical (unpaired) electrons. The molecule has 100 valence electrons. The number of halogens is 4. The van der Waals surface area contributed by atoms with Gasteiger partial charge in [0.15, 0.2) is 0 Å². The molecule has 4 heteroatoms. The molecule has 0 aliphatic heterocycles. The lowest BCUT2D eigenvalue weighted by Crippen LogP contribution is -2.30. The maximum atomic E-state index is 13.3. The molecule has 1 unspecified atom stereocenters. The average molecular weight is 277 g/mol. The monoisotopic (exact) mass is 276 g/mol. The van der Waals surface area contributed by atoms with Gasteiger partial charge in [0.1, 0.15) is 5.82 Å². The zero-order valence-electron chi connectivity index (χ0n) is 10.4. The van der Waals surface area contributed by atoms with E-state index in [-0.39, 0.29) is 29.7 Å². The van der Waals surface area contributed by atoms with Crippen molar-refractivity contribution in [1.82, 2.24) is 0 Å². The summed E-state index contributed by atoms with van der Waals surface area (Å²) in [6.45, 7) is 3.63. The lowest BCUT2D eigenvalue weighted by atomic mass is 9.74. The molecule has 1 aliphatic rings. The van der Waals surface area contributed by atoms with E-state index in [0.29, 0.717) is 6.42 Å². The minimum absolute atomic E-state index is 0.0442. The van der Waals surface area contributed by atoms with Crippen LogP contribution in [0.25, 0.3) is 0 Å². The van der Waals surface area contributed by atoms with E-state index in [9.17, 15) is 13.2 Å². The number of benzene rings is 1. The molecule has 1 aromatic rings. The van der Waals surface area contributed by atoms with Crippen LogP contribution in [0.4, 0.5) is 13.2 Å².